The van der Waals surface area contributed by atoms with E-state index in [0.717, 1.165) is 17.3 Å². The molecular weight excluding hydrogens is 564 g/mol. The molecule has 3 N–H and O–H groups in total. The van der Waals surface area contributed by atoms with Crippen LogP contribution in [0.25, 0.3) is 0 Å². The van der Waals surface area contributed by atoms with E-state index in [-0.39, 0.29) is 22.1 Å². The fraction of sp³-hybridized carbons (Fsp3) is 0.310. The molecule has 0 saturated carbocycles. The van der Waals surface area contributed by atoms with Crippen molar-refractivity contribution in [2.75, 3.05) is 41.0 Å². The highest BCUT2D eigenvalue weighted by atomic mass is 32.2. The second-order valence-electron chi connectivity index (χ2n) is 9.05. The van der Waals surface area contributed by atoms with Crippen LogP contribution in [0.4, 0.5) is 0 Å². The van der Waals surface area contributed by atoms with E-state index in [1.54, 1.807) is 32.4 Å². The van der Waals surface area contributed by atoms with Crippen molar-refractivity contribution in [1.29, 1.82) is 0 Å². The van der Waals surface area contributed by atoms with Gasteiger partial charge in [-0.1, -0.05) is 18.2 Å². The van der Waals surface area contributed by atoms with Crippen molar-refractivity contribution in [3.05, 3.63) is 83.2 Å². The highest BCUT2D eigenvalue weighted by Gasteiger charge is 2.19. The van der Waals surface area contributed by atoms with Gasteiger partial charge in [0.15, 0.2) is 11.5 Å². The molecule has 0 saturated heterocycles. The lowest BCUT2D eigenvalue weighted by atomic mass is 10.1. The maximum absolute atomic E-state index is 12.7. The zero-order valence-electron chi connectivity index (χ0n) is 23.6. The number of aromatic nitrogens is 1. The molecule has 3 amide bonds. The Kier molecular flexibility index (Phi) is 11.8. The van der Waals surface area contributed by atoms with Crippen molar-refractivity contribution in [2.45, 2.75) is 24.2 Å². The molecule has 13 heteroatoms. The number of rotatable bonds is 15. The minimum Gasteiger partial charge on any atom is -0.493 e. The third-order valence-corrected chi connectivity index (χ3v) is 7.48. The molecule has 0 aliphatic carbocycles. The molecule has 0 aliphatic heterocycles. The summed E-state index contributed by atoms with van der Waals surface area (Å²) in [4.78, 5) is 40.6. The van der Waals surface area contributed by atoms with Gasteiger partial charge in [-0.05, 0) is 60.4 Å². The summed E-state index contributed by atoms with van der Waals surface area (Å²) in [6.45, 7) is 1.01. The summed E-state index contributed by atoms with van der Waals surface area (Å²) >= 11 is 0. The van der Waals surface area contributed by atoms with Crippen LogP contribution in [0.15, 0.2) is 65.7 Å². The molecule has 0 unspecified atom stereocenters. The van der Waals surface area contributed by atoms with Crippen LogP contribution in [0, 0.1) is 0 Å². The average Bonchev–Trinajstić information content (AvgIpc) is 3.00. The lowest BCUT2D eigenvalue weighted by molar-refractivity contribution is -0.121. The fourth-order valence-electron chi connectivity index (χ4n) is 3.82. The molecule has 3 aromatic rings. The van der Waals surface area contributed by atoms with Crippen LogP contribution in [0.3, 0.4) is 0 Å². The van der Waals surface area contributed by atoms with Gasteiger partial charge < -0.3 is 24.8 Å². The molecule has 0 fully saturated rings. The maximum Gasteiger partial charge on any atom is 0.269 e. The van der Waals surface area contributed by atoms with Crippen molar-refractivity contribution >= 4 is 27.7 Å². The predicted octanol–water partition coefficient (Wildman–Crippen LogP) is 1.89. The molecule has 1 heterocycles. The summed E-state index contributed by atoms with van der Waals surface area (Å²) < 4.78 is 42.8. The molecule has 0 bridgehead atoms. The van der Waals surface area contributed by atoms with Gasteiger partial charge in [0.2, 0.25) is 5.91 Å². The number of sulfonamides is 1. The minimum absolute atomic E-state index is 0.0227. The number of hydrogen-bond acceptors (Lipinski definition) is 9. The number of benzene rings is 2. The van der Waals surface area contributed by atoms with Crippen LogP contribution in [0.2, 0.25) is 0 Å². The molecule has 3 rings (SSSR count). The largest absolute Gasteiger partial charge is 0.493 e. The van der Waals surface area contributed by atoms with Crippen LogP contribution in [-0.4, -0.2) is 72.1 Å². The molecule has 224 valence electrons. The second kappa shape index (κ2) is 15.5. The maximum atomic E-state index is 12.7. The summed E-state index contributed by atoms with van der Waals surface area (Å²) in [6.07, 6.45) is 2.45. The van der Waals surface area contributed by atoms with Gasteiger partial charge >= 0.3 is 0 Å². The topological polar surface area (TPSA) is 162 Å². The Labute approximate surface area is 244 Å². The quantitative estimate of drug-likeness (QED) is 0.222. The van der Waals surface area contributed by atoms with Crippen LogP contribution in [0.1, 0.15) is 38.4 Å². The first-order valence-electron chi connectivity index (χ1n) is 13.0. The van der Waals surface area contributed by atoms with Crippen LogP contribution in [0.5, 0.6) is 11.5 Å². The Balaban J connectivity index is 1.46. The van der Waals surface area contributed by atoms with Crippen molar-refractivity contribution in [3.63, 3.8) is 0 Å². The minimum atomic E-state index is -4.15. The van der Waals surface area contributed by atoms with Crippen molar-refractivity contribution < 1.29 is 37.0 Å². The third kappa shape index (κ3) is 9.28. The number of carbonyl (C=O) groups excluding carboxylic acids is 3. The first-order valence-corrected chi connectivity index (χ1v) is 14.5. The Bertz CT molecular complexity index is 1480. The highest BCUT2D eigenvalue weighted by Crippen LogP contribution is 2.28. The van der Waals surface area contributed by atoms with Crippen molar-refractivity contribution in [3.8, 4) is 11.5 Å². The fourth-order valence-corrected chi connectivity index (χ4v) is 4.80. The first-order chi connectivity index (χ1) is 20.2. The van der Waals surface area contributed by atoms with Gasteiger partial charge in [-0.15, -0.1) is 0 Å². The number of nitrogens with one attached hydrogen (secondary N) is 3. The van der Waals surface area contributed by atoms with Crippen LogP contribution >= 0.6 is 0 Å². The zero-order valence-corrected chi connectivity index (χ0v) is 24.5. The molecule has 1 aromatic heterocycles. The van der Waals surface area contributed by atoms with E-state index < -0.39 is 21.8 Å². The van der Waals surface area contributed by atoms with Gasteiger partial charge in [-0.2, -0.15) is 0 Å². The number of hydrogen-bond donors (Lipinski definition) is 3. The third-order valence-electron chi connectivity index (χ3n) is 6.14. The molecule has 12 nitrogen and oxygen atoms in total. The number of nitrogens with zero attached hydrogens (tertiary/aromatic N) is 1. The van der Waals surface area contributed by atoms with E-state index in [2.05, 4.69) is 15.6 Å². The van der Waals surface area contributed by atoms with Crippen LogP contribution in [-0.2, 0) is 32.4 Å². The van der Waals surface area contributed by atoms with Gasteiger partial charge in [0, 0.05) is 32.8 Å². The number of ether oxygens (including phenoxy) is 3. The number of aryl methyl sites for hydroxylation is 1. The Morgan fingerprint density at radius 1 is 0.786 bits per heavy atom. The molecule has 42 heavy (non-hydrogen) atoms. The van der Waals surface area contributed by atoms with E-state index in [1.807, 2.05) is 16.9 Å². The number of pyridine rings is 1. The highest BCUT2D eigenvalue weighted by molar-refractivity contribution is 7.90. The number of carbonyl (C=O) groups is 3. The van der Waals surface area contributed by atoms with E-state index in [1.165, 1.54) is 31.4 Å². The van der Waals surface area contributed by atoms with Crippen molar-refractivity contribution in [2.24, 2.45) is 0 Å². The van der Waals surface area contributed by atoms with Gasteiger partial charge in [0.05, 0.1) is 31.3 Å². The van der Waals surface area contributed by atoms with Gasteiger partial charge in [0.1, 0.15) is 5.69 Å². The SMILES string of the molecule is COCCNC(=O)c1ccc(C(=O)NS(=O)(=O)c2ccc(CCNC(=O)CCc3ccc(OC)c(OC)c3)cc2)cn1. The summed E-state index contributed by atoms with van der Waals surface area (Å²) in [5.74, 6) is -0.210. The Morgan fingerprint density at radius 2 is 1.50 bits per heavy atom. The summed E-state index contributed by atoms with van der Waals surface area (Å²) in [5, 5.41) is 5.46. The monoisotopic (exact) mass is 598 g/mol. The molecular formula is C29H34N4O8S. The zero-order chi connectivity index (χ0) is 30.5. The van der Waals surface area contributed by atoms with Crippen molar-refractivity contribution in [1.82, 2.24) is 20.3 Å². The molecule has 0 atom stereocenters. The smallest absolute Gasteiger partial charge is 0.269 e. The summed E-state index contributed by atoms with van der Waals surface area (Å²) in [7, 11) is 0.474. The lowest BCUT2D eigenvalue weighted by Crippen LogP contribution is -2.31. The van der Waals surface area contributed by atoms with E-state index in [9.17, 15) is 22.8 Å². The van der Waals surface area contributed by atoms with Gasteiger partial charge in [-0.25, -0.2) is 13.1 Å². The first kappa shape index (κ1) is 32.0. The van der Waals surface area contributed by atoms with Gasteiger partial charge in [-0.3, -0.25) is 19.4 Å². The van der Waals surface area contributed by atoms with E-state index >= 15 is 0 Å². The van der Waals surface area contributed by atoms with E-state index in [0.29, 0.717) is 50.5 Å². The van der Waals surface area contributed by atoms with Gasteiger partial charge in [0.25, 0.3) is 21.8 Å². The summed E-state index contributed by atoms with van der Waals surface area (Å²) in [6, 6.07) is 14.2. The van der Waals surface area contributed by atoms with Crippen LogP contribution < -0.4 is 24.8 Å². The standard InChI is InChI=1S/C29H34N4O8S/c1-39-17-16-31-29(36)24-11-8-22(19-32-24)28(35)33-42(37,38)23-9-4-20(5-10-23)14-15-30-27(34)13-7-21-6-12-25(40-2)26(18-21)41-3/h4-6,8-12,18-19H,7,13-17H2,1-3H3,(H,30,34)(H,31,36)(H,33,35). The summed E-state index contributed by atoms with van der Waals surface area (Å²) in [5.41, 5.74) is 1.81. The number of amides is 3. The van der Waals surface area contributed by atoms with E-state index in [4.69, 9.17) is 14.2 Å². The molecule has 0 aliphatic rings. The molecule has 2 aromatic carbocycles. The number of methoxy groups -OCH3 is 3. The average molecular weight is 599 g/mol. The molecule has 0 spiro atoms. The Hall–Kier alpha value is -4.49. The molecule has 0 radical (unpaired) electrons. The Morgan fingerprint density at radius 3 is 2.14 bits per heavy atom. The predicted molar refractivity (Wildman–Crippen MR) is 154 cm³/mol. The lowest BCUT2D eigenvalue weighted by Gasteiger charge is -2.10. The second-order valence-corrected chi connectivity index (χ2v) is 10.7. The normalized spacial score (nSPS) is 10.9.